The molecule has 0 aromatic heterocycles. The first-order chi connectivity index (χ1) is 10.9. The summed E-state index contributed by atoms with van der Waals surface area (Å²) in [6, 6.07) is 0. The first kappa shape index (κ1) is 16.0. The Labute approximate surface area is 141 Å². The summed E-state index contributed by atoms with van der Waals surface area (Å²) in [6.07, 6.45) is 7.39. The number of carbonyl (C=O) groups excluding carboxylic acids is 1. The largest absolute Gasteiger partial charge is 0.459 e. The van der Waals surface area contributed by atoms with Crippen molar-refractivity contribution in [2.24, 2.45) is 46.8 Å². The van der Waals surface area contributed by atoms with Crippen molar-refractivity contribution in [3.63, 3.8) is 0 Å². The van der Waals surface area contributed by atoms with Crippen LogP contribution in [0.25, 0.3) is 0 Å². The Hall–Kier alpha value is -0.530. The molecular formula is C21H34O2. The van der Waals surface area contributed by atoms with Gasteiger partial charge in [0.15, 0.2) is 0 Å². The summed E-state index contributed by atoms with van der Waals surface area (Å²) in [4.78, 5) is 12.6. The Balaban J connectivity index is 1.67. The molecule has 0 heterocycles. The molecule has 4 saturated carbocycles. The fourth-order valence-corrected chi connectivity index (χ4v) is 7.63. The van der Waals surface area contributed by atoms with Crippen LogP contribution in [-0.4, -0.2) is 11.6 Å². The maximum absolute atomic E-state index is 12.6. The second-order valence-electron chi connectivity index (χ2n) is 9.75. The molecular weight excluding hydrogens is 284 g/mol. The van der Waals surface area contributed by atoms with Gasteiger partial charge in [0.1, 0.15) is 5.60 Å². The van der Waals surface area contributed by atoms with Crippen molar-refractivity contribution >= 4 is 5.97 Å². The molecule has 0 radical (unpaired) electrons. The standard InChI is InChI=1S/C21H34O2/c1-6-12(3)19(22)23-21(7-2)11-15-16-13-8-9-14(10-13)17(16)18(21)20(15,4)5/h12-18H,6-11H2,1-5H3. The first-order valence-corrected chi connectivity index (χ1v) is 10.1. The van der Waals surface area contributed by atoms with Crippen molar-refractivity contribution in [2.75, 3.05) is 0 Å². The number of hydrogen-bond donors (Lipinski definition) is 0. The molecule has 8 unspecified atom stereocenters. The second kappa shape index (κ2) is 4.99. The summed E-state index contributed by atoms with van der Waals surface area (Å²) in [5.41, 5.74) is 0.183. The molecule has 0 aliphatic heterocycles. The third kappa shape index (κ3) is 1.90. The Kier molecular flexibility index (Phi) is 3.46. The number of hydrogen-bond acceptors (Lipinski definition) is 2. The van der Waals surface area contributed by atoms with Gasteiger partial charge in [0.2, 0.25) is 0 Å². The van der Waals surface area contributed by atoms with Gasteiger partial charge in [-0.25, -0.2) is 0 Å². The van der Waals surface area contributed by atoms with Gasteiger partial charge in [-0.1, -0.05) is 34.6 Å². The SMILES string of the molecule is CCC(C)C(=O)OC1(CC)CC2C3C4CCC(C4)C3C1C2(C)C. The van der Waals surface area contributed by atoms with E-state index in [2.05, 4.69) is 27.7 Å². The van der Waals surface area contributed by atoms with Gasteiger partial charge >= 0.3 is 5.97 Å². The van der Waals surface area contributed by atoms with Crippen LogP contribution in [0.1, 0.15) is 73.1 Å². The molecule has 8 atom stereocenters. The molecule has 4 rings (SSSR count). The van der Waals surface area contributed by atoms with Crippen LogP contribution in [-0.2, 0) is 9.53 Å². The van der Waals surface area contributed by atoms with Gasteiger partial charge in [0.05, 0.1) is 5.92 Å². The number of ether oxygens (including phenoxy) is 1. The smallest absolute Gasteiger partial charge is 0.309 e. The van der Waals surface area contributed by atoms with E-state index in [-0.39, 0.29) is 17.5 Å². The highest BCUT2D eigenvalue weighted by Crippen LogP contribution is 2.76. The van der Waals surface area contributed by atoms with Crippen LogP contribution < -0.4 is 0 Å². The van der Waals surface area contributed by atoms with Crippen LogP contribution in [0, 0.1) is 46.8 Å². The summed E-state index contributed by atoms with van der Waals surface area (Å²) < 4.78 is 6.35. The van der Waals surface area contributed by atoms with Crippen LogP contribution >= 0.6 is 0 Å². The van der Waals surface area contributed by atoms with Crippen LogP contribution in [0.2, 0.25) is 0 Å². The van der Waals surface area contributed by atoms with Crippen molar-refractivity contribution in [3.05, 3.63) is 0 Å². The molecule has 4 bridgehead atoms. The van der Waals surface area contributed by atoms with Crippen LogP contribution in [0.5, 0.6) is 0 Å². The predicted molar refractivity (Wildman–Crippen MR) is 91.8 cm³/mol. The third-order valence-corrected chi connectivity index (χ3v) is 8.70. The highest BCUT2D eigenvalue weighted by atomic mass is 16.6. The van der Waals surface area contributed by atoms with E-state index in [1.165, 1.54) is 19.3 Å². The Morgan fingerprint density at radius 2 is 1.83 bits per heavy atom. The maximum atomic E-state index is 12.6. The Bertz CT molecular complexity index is 510. The van der Waals surface area contributed by atoms with Gasteiger partial charge in [-0.05, 0) is 73.5 Å². The van der Waals surface area contributed by atoms with E-state index in [9.17, 15) is 4.79 Å². The third-order valence-electron chi connectivity index (χ3n) is 8.70. The summed E-state index contributed by atoms with van der Waals surface area (Å²) in [7, 11) is 0. The highest BCUT2D eigenvalue weighted by molar-refractivity contribution is 5.72. The van der Waals surface area contributed by atoms with Crippen LogP contribution in [0.3, 0.4) is 0 Å². The molecule has 130 valence electrons. The van der Waals surface area contributed by atoms with Crippen molar-refractivity contribution < 1.29 is 9.53 Å². The molecule has 0 N–H and O–H groups in total. The van der Waals surface area contributed by atoms with Gasteiger partial charge in [0.25, 0.3) is 0 Å². The zero-order valence-corrected chi connectivity index (χ0v) is 15.6. The van der Waals surface area contributed by atoms with E-state index in [0.29, 0.717) is 11.3 Å². The topological polar surface area (TPSA) is 26.3 Å². The van der Waals surface area contributed by atoms with Crippen molar-refractivity contribution in [1.82, 2.24) is 0 Å². The lowest BCUT2D eigenvalue weighted by atomic mass is 9.64. The summed E-state index contributed by atoms with van der Waals surface area (Å²) in [5.74, 6) is 5.15. The van der Waals surface area contributed by atoms with Gasteiger partial charge < -0.3 is 4.74 Å². The molecule has 0 aromatic rings. The average molecular weight is 319 g/mol. The van der Waals surface area contributed by atoms with E-state index >= 15 is 0 Å². The highest BCUT2D eigenvalue weighted by Gasteiger charge is 2.74. The summed E-state index contributed by atoms with van der Waals surface area (Å²) in [6.45, 7) is 11.3. The molecule has 0 amide bonds. The fourth-order valence-electron chi connectivity index (χ4n) is 7.63. The lowest BCUT2D eigenvalue weighted by Crippen LogP contribution is -2.49. The normalized spacial score (nSPS) is 50.1. The van der Waals surface area contributed by atoms with E-state index < -0.39 is 0 Å². The van der Waals surface area contributed by atoms with Gasteiger partial charge in [-0.15, -0.1) is 0 Å². The van der Waals surface area contributed by atoms with Gasteiger partial charge in [-0.3, -0.25) is 4.79 Å². The van der Waals surface area contributed by atoms with E-state index in [4.69, 9.17) is 4.74 Å². The zero-order chi connectivity index (χ0) is 16.6. The Morgan fingerprint density at radius 1 is 1.17 bits per heavy atom. The lowest BCUT2D eigenvalue weighted by Gasteiger charge is -2.46. The number of esters is 1. The molecule has 2 nitrogen and oxygen atoms in total. The quantitative estimate of drug-likeness (QED) is 0.535. The minimum Gasteiger partial charge on any atom is -0.459 e. The first-order valence-electron chi connectivity index (χ1n) is 10.1. The number of rotatable bonds is 4. The molecule has 4 fully saturated rings. The zero-order valence-electron chi connectivity index (χ0n) is 15.6. The second-order valence-corrected chi connectivity index (χ2v) is 9.75. The van der Waals surface area contributed by atoms with Gasteiger partial charge in [0, 0.05) is 5.92 Å². The lowest BCUT2D eigenvalue weighted by molar-refractivity contribution is -0.178. The van der Waals surface area contributed by atoms with Crippen molar-refractivity contribution in [2.45, 2.75) is 78.7 Å². The van der Waals surface area contributed by atoms with E-state index in [1.807, 2.05) is 6.92 Å². The van der Waals surface area contributed by atoms with E-state index in [0.717, 1.165) is 48.9 Å². The van der Waals surface area contributed by atoms with Crippen molar-refractivity contribution in [3.8, 4) is 0 Å². The molecule has 4 aliphatic rings. The molecule has 23 heavy (non-hydrogen) atoms. The van der Waals surface area contributed by atoms with Gasteiger partial charge in [-0.2, -0.15) is 0 Å². The summed E-state index contributed by atoms with van der Waals surface area (Å²) >= 11 is 0. The fraction of sp³-hybridized carbons (Fsp3) is 0.952. The minimum atomic E-state index is -0.166. The number of carbonyl (C=O) groups is 1. The summed E-state index contributed by atoms with van der Waals surface area (Å²) in [5, 5.41) is 0. The maximum Gasteiger partial charge on any atom is 0.309 e. The molecule has 0 saturated heterocycles. The monoisotopic (exact) mass is 318 g/mol. The molecule has 0 aromatic carbocycles. The molecule has 2 heteroatoms. The van der Waals surface area contributed by atoms with Crippen LogP contribution in [0.15, 0.2) is 0 Å². The molecule has 0 spiro atoms. The van der Waals surface area contributed by atoms with Crippen molar-refractivity contribution in [1.29, 1.82) is 0 Å². The Morgan fingerprint density at radius 3 is 2.43 bits per heavy atom. The predicted octanol–water partition coefficient (Wildman–Crippen LogP) is 5.06. The minimum absolute atomic E-state index is 0.0384. The average Bonchev–Trinajstić information content (AvgIpc) is 3.23. The molecule has 4 aliphatic carbocycles. The number of fused-ring (bicyclic) bond motifs is 9. The van der Waals surface area contributed by atoms with Crippen LogP contribution in [0.4, 0.5) is 0 Å². The van der Waals surface area contributed by atoms with E-state index in [1.54, 1.807) is 0 Å².